The van der Waals surface area contributed by atoms with Crippen LogP contribution in [0.3, 0.4) is 0 Å². The molecule has 0 amide bonds. The predicted molar refractivity (Wildman–Crippen MR) is 65.2 cm³/mol. The lowest BCUT2D eigenvalue weighted by molar-refractivity contribution is 0.801. The molecular weight excluding hydrogens is 176 g/mol. The summed E-state index contributed by atoms with van der Waals surface area (Å²) in [5.41, 5.74) is 0. The Morgan fingerprint density at radius 2 is 1.77 bits per heavy atom. The minimum absolute atomic E-state index is 0.370. The molecule has 0 aromatic heterocycles. The van der Waals surface area contributed by atoms with Gasteiger partial charge in [0.05, 0.1) is 0 Å². The molecule has 0 nitrogen and oxygen atoms in total. The zero-order valence-electron chi connectivity index (χ0n) is 9.81. The molecule has 0 aromatic carbocycles. The molecule has 1 heteroatoms. The molecule has 0 N–H and O–H groups in total. The first kappa shape index (κ1) is 13.1. The van der Waals surface area contributed by atoms with Crippen molar-refractivity contribution in [3.8, 4) is 0 Å². The third kappa shape index (κ3) is 8.42. The van der Waals surface area contributed by atoms with E-state index in [0.29, 0.717) is 4.75 Å². The molecule has 0 bridgehead atoms. The second-order valence-corrected chi connectivity index (χ2v) is 6.38. The van der Waals surface area contributed by atoms with Crippen molar-refractivity contribution >= 4 is 11.8 Å². The molecule has 0 rings (SSSR count). The first-order valence-electron chi connectivity index (χ1n) is 5.37. The highest BCUT2D eigenvalue weighted by molar-refractivity contribution is 8.04. The summed E-state index contributed by atoms with van der Waals surface area (Å²) < 4.78 is 0.370. The van der Waals surface area contributed by atoms with Gasteiger partial charge in [0.2, 0.25) is 0 Å². The Balaban J connectivity index is 4.09. The van der Waals surface area contributed by atoms with Crippen LogP contribution in [0.25, 0.3) is 0 Å². The maximum Gasteiger partial charge on any atom is 0.0119 e. The van der Waals surface area contributed by atoms with Crippen molar-refractivity contribution in [3.63, 3.8) is 0 Å². The zero-order valence-corrected chi connectivity index (χ0v) is 10.6. The topological polar surface area (TPSA) is 0 Å². The summed E-state index contributed by atoms with van der Waals surface area (Å²) in [4.78, 5) is 1.58. The van der Waals surface area contributed by atoms with Gasteiger partial charge in [-0.2, -0.15) is 0 Å². The largest absolute Gasteiger partial charge is 0.125 e. The van der Waals surface area contributed by atoms with Gasteiger partial charge in [0.25, 0.3) is 0 Å². The van der Waals surface area contributed by atoms with Crippen LogP contribution in [0.15, 0.2) is 11.0 Å². The number of unbranched alkanes of at least 4 members (excludes halogenated alkanes) is 1. The molecule has 0 aliphatic rings. The summed E-state index contributed by atoms with van der Waals surface area (Å²) in [7, 11) is 0. The fourth-order valence-corrected chi connectivity index (χ4v) is 2.43. The minimum atomic E-state index is 0.370. The molecular formula is C12H24S. The molecule has 0 aromatic rings. The van der Waals surface area contributed by atoms with Crippen LogP contribution in [-0.2, 0) is 0 Å². The lowest BCUT2D eigenvalue weighted by Crippen LogP contribution is -2.07. The van der Waals surface area contributed by atoms with Gasteiger partial charge in [0.1, 0.15) is 0 Å². The predicted octanol–water partition coefficient (Wildman–Crippen LogP) is 5.00. The molecule has 0 radical (unpaired) electrons. The Labute approximate surface area is 88.2 Å². The SMILES string of the molecule is CCC/C=C(/CCC)SC(C)(C)C. The van der Waals surface area contributed by atoms with E-state index in [1.807, 2.05) is 11.8 Å². The van der Waals surface area contributed by atoms with Gasteiger partial charge < -0.3 is 0 Å². The normalized spacial score (nSPS) is 13.5. The van der Waals surface area contributed by atoms with Gasteiger partial charge in [-0.15, -0.1) is 11.8 Å². The number of allylic oxidation sites excluding steroid dienone is 2. The fourth-order valence-electron chi connectivity index (χ4n) is 1.14. The molecule has 0 fully saturated rings. The minimum Gasteiger partial charge on any atom is -0.125 e. The van der Waals surface area contributed by atoms with Gasteiger partial charge in [0.15, 0.2) is 0 Å². The quantitative estimate of drug-likeness (QED) is 0.601. The van der Waals surface area contributed by atoms with E-state index < -0.39 is 0 Å². The van der Waals surface area contributed by atoms with Crippen molar-refractivity contribution in [1.82, 2.24) is 0 Å². The van der Waals surface area contributed by atoms with Crippen molar-refractivity contribution in [2.75, 3.05) is 0 Å². The van der Waals surface area contributed by atoms with E-state index in [9.17, 15) is 0 Å². The first-order valence-corrected chi connectivity index (χ1v) is 6.19. The summed E-state index contributed by atoms with van der Waals surface area (Å²) in [6, 6.07) is 0. The van der Waals surface area contributed by atoms with E-state index in [0.717, 1.165) is 0 Å². The van der Waals surface area contributed by atoms with Crippen LogP contribution in [-0.4, -0.2) is 4.75 Å². The molecule has 78 valence electrons. The number of rotatable bonds is 5. The van der Waals surface area contributed by atoms with Crippen LogP contribution in [0.2, 0.25) is 0 Å². The summed E-state index contributed by atoms with van der Waals surface area (Å²) >= 11 is 2.03. The summed E-state index contributed by atoms with van der Waals surface area (Å²) in [6.45, 7) is 11.3. The second-order valence-electron chi connectivity index (χ2n) is 4.42. The van der Waals surface area contributed by atoms with Gasteiger partial charge in [-0.25, -0.2) is 0 Å². The van der Waals surface area contributed by atoms with Crippen molar-refractivity contribution < 1.29 is 0 Å². The second kappa shape index (κ2) is 6.53. The van der Waals surface area contributed by atoms with Gasteiger partial charge in [-0.1, -0.05) is 53.5 Å². The maximum absolute atomic E-state index is 2.42. The van der Waals surface area contributed by atoms with Crippen LogP contribution in [0, 0.1) is 0 Å². The number of thioether (sulfide) groups is 1. The lowest BCUT2D eigenvalue weighted by Gasteiger charge is -2.19. The van der Waals surface area contributed by atoms with E-state index in [2.05, 4.69) is 40.7 Å². The van der Waals surface area contributed by atoms with E-state index in [4.69, 9.17) is 0 Å². The van der Waals surface area contributed by atoms with Gasteiger partial charge in [-0.3, -0.25) is 0 Å². The van der Waals surface area contributed by atoms with Gasteiger partial charge in [0, 0.05) is 4.75 Å². The third-order valence-electron chi connectivity index (χ3n) is 1.59. The zero-order chi connectivity index (χ0) is 10.3. The summed E-state index contributed by atoms with van der Waals surface area (Å²) in [6.07, 6.45) is 7.43. The Hall–Kier alpha value is 0.0900. The average Bonchev–Trinajstić information content (AvgIpc) is 1.98. The van der Waals surface area contributed by atoms with Crippen molar-refractivity contribution in [2.24, 2.45) is 0 Å². The summed E-state index contributed by atoms with van der Waals surface area (Å²) in [5, 5.41) is 0. The number of hydrogen-bond donors (Lipinski definition) is 0. The standard InChI is InChI=1S/C12H24S/c1-6-8-10-11(9-7-2)13-12(3,4)5/h10H,6-9H2,1-5H3/b11-10-. The number of hydrogen-bond acceptors (Lipinski definition) is 1. The van der Waals surface area contributed by atoms with Gasteiger partial charge >= 0.3 is 0 Å². The highest BCUT2D eigenvalue weighted by atomic mass is 32.2. The maximum atomic E-state index is 2.42. The van der Waals surface area contributed by atoms with E-state index in [1.165, 1.54) is 25.7 Å². The van der Waals surface area contributed by atoms with Crippen LogP contribution >= 0.6 is 11.8 Å². The van der Waals surface area contributed by atoms with E-state index in [1.54, 1.807) is 4.91 Å². The molecule has 0 spiro atoms. The molecule has 0 aliphatic carbocycles. The Kier molecular flexibility index (Phi) is 6.58. The molecule has 0 saturated heterocycles. The fraction of sp³-hybridized carbons (Fsp3) is 0.833. The Bertz CT molecular complexity index is 151. The average molecular weight is 200 g/mol. The molecule has 13 heavy (non-hydrogen) atoms. The lowest BCUT2D eigenvalue weighted by atomic mass is 10.2. The smallest absolute Gasteiger partial charge is 0.0119 e. The highest BCUT2D eigenvalue weighted by Gasteiger charge is 2.12. The van der Waals surface area contributed by atoms with Crippen LogP contribution < -0.4 is 0 Å². The third-order valence-corrected chi connectivity index (χ3v) is 2.84. The molecule has 0 unspecified atom stereocenters. The monoisotopic (exact) mass is 200 g/mol. The molecule has 0 heterocycles. The van der Waals surface area contributed by atoms with E-state index >= 15 is 0 Å². The van der Waals surface area contributed by atoms with Gasteiger partial charge in [-0.05, 0) is 17.7 Å². The van der Waals surface area contributed by atoms with Crippen molar-refractivity contribution in [2.45, 2.75) is 65.0 Å². The Morgan fingerprint density at radius 1 is 1.15 bits per heavy atom. The van der Waals surface area contributed by atoms with Crippen LogP contribution in [0.4, 0.5) is 0 Å². The van der Waals surface area contributed by atoms with Crippen LogP contribution in [0.5, 0.6) is 0 Å². The molecule has 0 atom stereocenters. The van der Waals surface area contributed by atoms with Crippen molar-refractivity contribution in [3.05, 3.63) is 11.0 Å². The molecule has 0 saturated carbocycles. The highest BCUT2D eigenvalue weighted by Crippen LogP contribution is 2.33. The van der Waals surface area contributed by atoms with Crippen LogP contribution in [0.1, 0.15) is 60.3 Å². The van der Waals surface area contributed by atoms with Crippen molar-refractivity contribution in [1.29, 1.82) is 0 Å². The first-order chi connectivity index (χ1) is 5.99. The molecule has 0 aliphatic heterocycles. The van der Waals surface area contributed by atoms with E-state index in [-0.39, 0.29) is 0 Å². The summed E-state index contributed by atoms with van der Waals surface area (Å²) in [5.74, 6) is 0. The Morgan fingerprint density at radius 3 is 2.15 bits per heavy atom.